The number of hydrogen-bond donors (Lipinski definition) is 1. The maximum Gasteiger partial charge on any atom is 0.250 e. The minimum Gasteiger partial charge on any atom is -0.435 e. The van der Waals surface area contributed by atoms with Gasteiger partial charge in [-0.05, 0) is 19.1 Å². The number of para-hydroxylation sites is 1. The van der Waals surface area contributed by atoms with Crippen molar-refractivity contribution < 1.29 is 9.32 Å². The highest BCUT2D eigenvalue weighted by Gasteiger charge is 2.21. The smallest absolute Gasteiger partial charge is 0.250 e. The number of rotatable bonds is 5. The van der Waals surface area contributed by atoms with Crippen LogP contribution in [0.25, 0.3) is 21.5 Å². The van der Waals surface area contributed by atoms with Crippen molar-refractivity contribution in [2.45, 2.75) is 19.5 Å². The van der Waals surface area contributed by atoms with Gasteiger partial charge in [0.25, 0.3) is 5.89 Å². The Morgan fingerprint density at radius 3 is 2.64 bits per heavy atom. The van der Waals surface area contributed by atoms with Crippen molar-refractivity contribution in [1.29, 1.82) is 0 Å². The van der Waals surface area contributed by atoms with Gasteiger partial charge in [0.1, 0.15) is 6.04 Å². The first-order chi connectivity index (χ1) is 12.2. The summed E-state index contributed by atoms with van der Waals surface area (Å²) >= 11 is 1.76. The number of oxazole rings is 1. The molecule has 2 aromatic heterocycles. The van der Waals surface area contributed by atoms with Crippen molar-refractivity contribution >= 4 is 21.6 Å². The Morgan fingerprint density at radius 1 is 1.08 bits per heavy atom. The normalized spacial score (nSPS) is 13.8. The average molecular weight is 350 g/mol. The van der Waals surface area contributed by atoms with Gasteiger partial charge in [0.2, 0.25) is 0 Å². The lowest BCUT2D eigenvalue weighted by molar-refractivity contribution is -0.925. The summed E-state index contributed by atoms with van der Waals surface area (Å²) in [5, 5.41) is 1.15. The van der Waals surface area contributed by atoms with Crippen molar-refractivity contribution in [3.05, 3.63) is 71.7 Å². The van der Waals surface area contributed by atoms with Crippen molar-refractivity contribution in [3.63, 3.8) is 0 Å². The van der Waals surface area contributed by atoms with Crippen LogP contribution in [-0.2, 0) is 6.54 Å². The first kappa shape index (κ1) is 16.0. The molecular weight excluding hydrogens is 330 g/mol. The molecule has 4 rings (SSSR count). The topological polar surface area (TPSA) is 43.4 Å². The zero-order valence-electron chi connectivity index (χ0n) is 14.3. The molecule has 0 aliphatic carbocycles. The molecule has 2 aromatic carbocycles. The number of hydrogen-bond acceptors (Lipinski definition) is 4. The Labute approximate surface area is 150 Å². The van der Waals surface area contributed by atoms with Gasteiger partial charge in [-0.1, -0.05) is 42.5 Å². The van der Waals surface area contributed by atoms with Crippen molar-refractivity contribution in [1.82, 2.24) is 9.97 Å². The van der Waals surface area contributed by atoms with E-state index in [4.69, 9.17) is 9.40 Å². The van der Waals surface area contributed by atoms with E-state index in [0.29, 0.717) is 0 Å². The molecule has 0 bridgehead atoms. The molecule has 2 atom stereocenters. The van der Waals surface area contributed by atoms with E-state index < -0.39 is 0 Å². The maximum absolute atomic E-state index is 5.94. The van der Waals surface area contributed by atoms with Crippen LogP contribution in [0.3, 0.4) is 0 Å². The molecule has 25 heavy (non-hydrogen) atoms. The van der Waals surface area contributed by atoms with Crippen LogP contribution >= 0.6 is 11.3 Å². The van der Waals surface area contributed by atoms with Crippen LogP contribution < -0.4 is 4.90 Å². The Bertz CT molecular complexity index is 944. The molecule has 0 saturated carbocycles. The maximum atomic E-state index is 5.94. The second-order valence-corrected chi connectivity index (χ2v) is 7.31. The Morgan fingerprint density at radius 2 is 1.84 bits per heavy atom. The van der Waals surface area contributed by atoms with Crippen molar-refractivity contribution in [2.24, 2.45) is 0 Å². The molecule has 0 spiro atoms. The summed E-state index contributed by atoms with van der Waals surface area (Å²) in [4.78, 5) is 10.5. The molecule has 1 N–H and O–H groups in total. The fourth-order valence-electron chi connectivity index (χ4n) is 2.81. The highest BCUT2D eigenvalue weighted by molar-refractivity contribution is 7.18. The average Bonchev–Trinajstić information content (AvgIpc) is 3.28. The van der Waals surface area contributed by atoms with Crippen LogP contribution in [0.2, 0.25) is 0 Å². The third-order valence-corrected chi connectivity index (χ3v) is 5.68. The van der Waals surface area contributed by atoms with E-state index >= 15 is 0 Å². The van der Waals surface area contributed by atoms with Crippen LogP contribution in [-0.4, -0.2) is 17.0 Å². The number of nitrogens with one attached hydrogen (secondary N) is 1. The quantitative estimate of drug-likeness (QED) is 0.596. The van der Waals surface area contributed by atoms with Crippen molar-refractivity contribution in [3.8, 4) is 11.3 Å². The molecule has 0 amide bonds. The molecule has 0 fully saturated rings. The second kappa shape index (κ2) is 6.78. The molecular formula is C20H20N3OS+. The van der Waals surface area contributed by atoms with E-state index in [2.05, 4.69) is 37.2 Å². The van der Waals surface area contributed by atoms with E-state index in [1.165, 1.54) is 9.60 Å². The Hall–Kier alpha value is -2.50. The Balaban J connectivity index is 1.49. The number of thiazole rings is 1. The Kier molecular flexibility index (Phi) is 4.34. The second-order valence-electron chi connectivity index (χ2n) is 6.25. The molecule has 5 heteroatoms. The number of nitrogens with zero attached hydrogens (tertiary/aromatic N) is 2. The minimum absolute atomic E-state index is 0.282. The summed E-state index contributed by atoms with van der Waals surface area (Å²) in [6, 6.07) is 18.6. The van der Waals surface area contributed by atoms with E-state index in [1.54, 1.807) is 17.5 Å². The minimum atomic E-state index is 0.282. The summed E-state index contributed by atoms with van der Waals surface area (Å²) in [5.74, 6) is 1.57. The fourth-order valence-corrected chi connectivity index (χ4v) is 3.92. The molecule has 0 saturated heterocycles. The van der Waals surface area contributed by atoms with E-state index in [1.807, 2.05) is 36.4 Å². The fraction of sp³-hybridized carbons (Fsp3) is 0.200. The van der Waals surface area contributed by atoms with Crippen molar-refractivity contribution in [2.75, 3.05) is 7.05 Å². The molecule has 126 valence electrons. The monoisotopic (exact) mass is 350 g/mol. The van der Waals surface area contributed by atoms with E-state index in [9.17, 15) is 0 Å². The van der Waals surface area contributed by atoms with Gasteiger partial charge < -0.3 is 9.32 Å². The summed E-state index contributed by atoms with van der Waals surface area (Å²) < 4.78 is 7.17. The lowest BCUT2D eigenvalue weighted by atomic mass is 10.2. The molecule has 4 nitrogen and oxygen atoms in total. The number of benzene rings is 2. The summed E-state index contributed by atoms with van der Waals surface area (Å²) in [6.07, 6.45) is 1.81. The first-order valence-electron chi connectivity index (χ1n) is 8.38. The van der Waals surface area contributed by atoms with Gasteiger partial charge >= 0.3 is 0 Å². The number of quaternary nitrogens is 1. The van der Waals surface area contributed by atoms with Gasteiger partial charge in [-0.25, -0.2) is 9.97 Å². The van der Waals surface area contributed by atoms with Crippen LogP contribution in [0.4, 0.5) is 0 Å². The van der Waals surface area contributed by atoms with Crippen LogP contribution in [0, 0.1) is 0 Å². The third-order valence-electron chi connectivity index (χ3n) is 4.46. The largest absolute Gasteiger partial charge is 0.435 e. The van der Waals surface area contributed by atoms with Gasteiger partial charge in [-0.15, -0.1) is 11.3 Å². The van der Waals surface area contributed by atoms with Gasteiger partial charge in [0.15, 0.2) is 17.3 Å². The SMILES string of the molecule is C[C@H](c1nc2ccccc2s1)[NH+](C)Cc1ncc(-c2ccccc2)o1. The van der Waals surface area contributed by atoms with Gasteiger partial charge in [-0.2, -0.15) is 0 Å². The predicted octanol–water partition coefficient (Wildman–Crippen LogP) is 3.73. The molecule has 0 radical (unpaired) electrons. The highest BCUT2D eigenvalue weighted by Crippen LogP contribution is 2.25. The highest BCUT2D eigenvalue weighted by atomic mass is 32.1. The molecule has 1 unspecified atom stereocenters. The first-order valence-corrected chi connectivity index (χ1v) is 9.20. The molecule has 2 heterocycles. The van der Waals surface area contributed by atoms with Gasteiger partial charge in [0.05, 0.1) is 23.5 Å². The summed E-state index contributed by atoms with van der Waals surface area (Å²) in [6.45, 7) is 2.93. The van der Waals surface area contributed by atoms with Gasteiger partial charge in [-0.3, -0.25) is 0 Å². The van der Waals surface area contributed by atoms with Crippen LogP contribution in [0.1, 0.15) is 23.9 Å². The standard InChI is InChI=1S/C20H19N3OS/c1-14(20-22-16-10-6-7-11-18(16)25-20)23(2)13-19-21-12-17(24-19)15-8-4-3-5-9-15/h3-12,14H,13H2,1-2H3/p+1/t14-/m1/s1. The lowest BCUT2D eigenvalue weighted by Gasteiger charge is -2.18. The van der Waals surface area contributed by atoms with E-state index in [0.717, 1.165) is 34.3 Å². The molecule has 0 aliphatic rings. The van der Waals surface area contributed by atoms with E-state index in [-0.39, 0.29) is 6.04 Å². The van der Waals surface area contributed by atoms with Gasteiger partial charge in [0, 0.05) is 5.56 Å². The van der Waals surface area contributed by atoms with Crippen LogP contribution in [0.15, 0.2) is 65.2 Å². The lowest BCUT2D eigenvalue weighted by Crippen LogP contribution is -3.07. The zero-order valence-corrected chi connectivity index (χ0v) is 15.1. The number of fused-ring (bicyclic) bond motifs is 1. The summed E-state index contributed by atoms with van der Waals surface area (Å²) in [7, 11) is 2.16. The predicted molar refractivity (Wildman–Crippen MR) is 101 cm³/mol. The molecule has 0 aliphatic heterocycles. The third kappa shape index (κ3) is 3.34. The van der Waals surface area contributed by atoms with Crippen LogP contribution in [0.5, 0.6) is 0 Å². The summed E-state index contributed by atoms with van der Waals surface area (Å²) in [5.41, 5.74) is 2.13. The zero-order chi connectivity index (χ0) is 17.2. The molecule has 4 aromatic rings. The number of aromatic nitrogens is 2.